The van der Waals surface area contributed by atoms with Crippen LogP contribution in [0.1, 0.15) is 28.4 Å². The number of halogens is 2. The Labute approximate surface area is 167 Å². The van der Waals surface area contributed by atoms with E-state index < -0.39 is 0 Å². The lowest BCUT2D eigenvalue weighted by atomic mass is 9.85. The van der Waals surface area contributed by atoms with Gasteiger partial charge in [0.2, 0.25) is 0 Å². The summed E-state index contributed by atoms with van der Waals surface area (Å²) in [6, 6.07) is 12.5. The average molecular weight is 398 g/mol. The van der Waals surface area contributed by atoms with E-state index in [0.717, 1.165) is 24.6 Å². The predicted molar refractivity (Wildman–Crippen MR) is 108 cm³/mol. The Bertz CT molecular complexity index is 1040. The summed E-state index contributed by atoms with van der Waals surface area (Å²) in [5, 5.41) is 8.97. The number of anilines is 1. The van der Waals surface area contributed by atoms with E-state index in [2.05, 4.69) is 50.8 Å². The number of nitrogens with zero attached hydrogens (tertiary/aromatic N) is 4. The van der Waals surface area contributed by atoms with Crippen molar-refractivity contribution in [2.45, 2.75) is 19.1 Å². The van der Waals surface area contributed by atoms with E-state index >= 15 is 0 Å². The van der Waals surface area contributed by atoms with Crippen molar-refractivity contribution in [3.05, 3.63) is 81.5 Å². The number of hydrogen-bond donors (Lipinski definition) is 1. The fourth-order valence-corrected chi connectivity index (χ4v) is 4.08. The molecule has 3 aromatic rings. The van der Waals surface area contributed by atoms with Crippen molar-refractivity contribution in [1.82, 2.24) is 20.1 Å². The highest BCUT2D eigenvalue weighted by molar-refractivity contribution is 6.42. The molecule has 5 rings (SSSR count). The second-order valence-corrected chi connectivity index (χ2v) is 7.60. The fraction of sp³-hybridized carbons (Fsp3) is 0.200. The highest BCUT2D eigenvalue weighted by atomic mass is 35.5. The minimum Gasteiger partial charge on any atom is -0.328 e. The van der Waals surface area contributed by atoms with Crippen molar-refractivity contribution in [2.75, 3.05) is 11.4 Å². The summed E-state index contributed by atoms with van der Waals surface area (Å²) in [7, 11) is 0. The van der Waals surface area contributed by atoms with Crippen LogP contribution in [0.3, 0.4) is 0 Å². The lowest BCUT2D eigenvalue weighted by Crippen LogP contribution is -2.30. The molecule has 7 heteroatoms. The van der Waals surface area contributed by atoms with Gasteiger partial charge in [-0.2, -0.15) is 5.10 Å². The maximum atomic E-state index is 6.24. The quantitative estimate of drug-likeness (QED) is 0.701. The fourth-order valence-electron chi connectivity index (χ4n) is 3.78. The van der Waals surface area contributed by atoms with Gasteiger partial charge in [-0.1, -0.05) is 35.3 Å². The van der Waals surface area contributed by atoms with Crippen molar-refractivity contribution in [2.24, 2.45) is 0 Å². The molecular weight excluding hydrogens is 381 g/mol. The molecule has 3 heterocycles. The first-order valence-electron chi connectivity index (χ1n) is 8.80. The lowest BCUT2D eigenvalue weighted by Gasteiger charge is -2.30. The smallest absolute Gasteiger partial charge is 0.154 e. The molecule has 0 bridgehead atoms. The molecule has 27 heavy (non-hydrogen) atoms. The van der Waals surface area contributed by atoms with Gasteiger partial charge in [-0.3, -0.25) is 0 Å². The molecule has 1 aromatic heterocycles. The van der Waals surface area contributed by atoms with Gasteiger partial charge in [0, 0.05) is 30.9 Å². The van der Waals surface area contributed by atoms with Crippen molar-refractivity contribution < 1.29 is 0 Å². The van der Waals surface area contributed by atoms with E-state index in [0.29, 0.717) is 16.7 Å². The number of rotatable bonds is 2. The Balaban J connectivity index is 1.47. The van der Waals surface area contributed by atoms with E-state index in [1.807, 2.05) is 22.9 Å². The molecule has 0 saturated heterocycles. The molecule has 0 radical (unpaired) electrons. The van der Waals surface area contributed by atoms with Crippen molar-refractivity contribution in [3.63, 3.8) is 0 Å². The Kier molecular flexibility index (Phi) is 4.16. The molecular formula is C20H17Cl2N5. The normalized spacial score (nSPS) is 18.3. The molecule has 1 unspecified atom stereocenters. The molecule has 1 N–H and O–H groups in total. The minimum absolute atomic E-state index is 0.261. The van der Waals surface area contributed by atoms with E-state index in [4.69, 9.17) is 23.2 Å². The number of benzene rings is 2. The zero-order valence-corrected chi connectivity index (χ0v) is 16.0. The van der Waals surface area contributed by atoms with Gasteiger partial charge in [-0.15, -0.1) is 0 Å². The van der Waals surface area contributed by atoms with Crippen LogP contribution >= 0.6 is 23.2 Å². The van der Waals surface area contributed by atoms with Gasteiger partial charge < -0.3 is 10.2 Å². The lowest BCUT2D eigenvalue weighted by molar-refractivity contribution is 0.587. The number of fused-ring (bicyclic) bond motifs is 2. The molecule has 136 valence electrons. The number of aromatic nitrogens is 3. The topological polar surface area (TPSA) is 46.0 Å². The third kappa shape index (κ3) is 3.02. The SMILES string of the molecule is Clc1ccc(C2CNCc3cc(N4C=Cc5ncnn5C4)ccc32)cc1Cl. The van der Waals surface area contributed by atoms with Crippen LogP contribution in [0.2, 0.25) is 10.0 Å². The summed E-state index contributed by atoms with van der Waals surface area (Å²) < 4.78 is 1.89. The maximum absolute atomic E-state index is 6.24. The largest absolute Gasteiger partial charge is 0.328 e. The Hall–Kier alpha value is -2.34. The summed E-state index contributed by atoms with van der Waals surface area (Å²) in [5.74, 6) is 1.14. The summed E-state index contributed by atoms with van der Waals surface area (Å²) in [5.41, 5.74) is 4.95. The Morgan fingerprint density at radius 2 is 2.00 bits per heavy atom. The summed E-state index contributed by atoms with van der Waals surface area (Å²) in [6.45, 7) is 2.40. The molecule has 5 nitrogen and oxygen atoms in total. The van der Waals surface area contributed by atoms with Crippen molar-refractivity contribution in [3.8, 4) is 0 Å². The van der Waals surface area contributed by atoms with Gasteiger partial charge in [0.05, 0.1) is 10.0 Å². The van der Waals surface area contributed by atoms with Gasteiger partial charge in [-0.25, -0.2) is 9.67 Å². The van der Waals surface area contributed by atoms with E-state index in [9.17, 15) is 0 Å². The third-order valence-corrected chi connectivity index (χ3v) is 5.92. The zero-order chi connectivity index (χ0) is 18.4. The molecule has 0 saturated carbocycles. The van der Waals surface area contributed by atoms with Crippen LogP contribution in [0.25, 0.3) is 6.08 Å². The van der Waals surface area contributed by atoms with Crippen LogP contribution in [0.4, 0.5) is 5.69 Å². The van der Waals surface area contributed by atoms with E-state index in [1.54, 1.807) is 6.33 Å². The van der Waals surface area contributed by atoms with Crippen LogP contribution in [0.15, 0.2) is 48.9 Å². The van der Waals surface area contributed by atoms with Gasteiger partial charge >= 0.3 is 0 Å². The Morgan fingerprint density at radius 3 is 2.89 bits per heavy atom. The third-order valence-electron chi connectivity index (χ3n) is 5.18. The van der Waals surface area contributed by atoms with Crippen LogP contribution in [-0.4, -0.2) is 21.3 Å². The molecule has 2 aliphatic heterocycles. The number of nitrogens with one attached hydrogen (secondary N) is 1. The van der Waals surface area contributed by atoms with E-state index in [1.165, 1.54) is 16.7 Å². The van der Waals surface area contributed by atoms with Crippen LogP contribution < -0.4 is 10.2 Å². The summed E-state index contributed by atoms with van der Waals surface area (Å²) in [6.07, 6.45) is 5.62. The maximum Gasteiger partial charge on any atom is 0.154 e. The monoisotopic (exact) mass is 397 g/mol. The standard InChI is InChI=1S/C20H17Cl2N5/c21-18-4-1-13(8-19(18)22)17-10-23-9-14-7-15(2-3-16(14)17)26-6-5-20-24-11-25-27(20)12-26/h1-8,11,17,23H,9-10,12H2. The highest BCUT2D eigenvalue weighted by Gasteiger charge is 2.23. The molecule has 2 aromatic carbocycles. The minimum atomic E-state index is 0.261. The molecule has 0 amide bonds. The highest BCUT2D eigenvalue weighted by Crippen LogP contribution is 2.35. The second kappa shape index (κ2) is 6.68. The van der Waals surface area contributed by atoms with Crippen LogP contribution in [0.5, 0.6) is 0 Å². The Morgan fingerprint density at radius 1 is 1.07 bits per heavy atom. The molecule has 0 aliphatic carbocycles. The zero-order valence-electron chi connectivity index (χ0n) is 14.4. The first-order chi connectivity index (χ1) is 13.2. The van der Waals surface area contributed by atoms with Gasteiger partial charge in [0.15, 0.2) is 5.82 Å². The van der Waals surface area contributed by atoms with E-state index in [-0.39, 0.29) is 5.92 Å². The summed E-state index contributed by atoms with van der Waals surface area (Å²) in [4.78, 5) is 6.39. The predicted octanol–water partition coefficient (Wildman–Crippen LogP) is 4.27. The van der Waals surface area contributed by atoms with Crippen LogP contribution in [0, 0.1) is 0 Å². The first kappa shape index (κ1) is 16.8. The van der Waals surface area contributed by atoms with Crippen LogP contribution in [-0.2, 0) is 13.2 Å². The molecule has 0 fully saturated rings. The molecule has 0 spiro atoms. The van der Waals surface area contributed by atoms with Gasteiger partial charge in [0.1, 0.15) is 13.0 Å². The van der Waals surface area contributed by atoms with Crippen molar-refractivity contribution >= 4 is 35.0 Å². The molecule has 2 aliphatic rings. The molecule has 1 atom stereocenters. The number of hydrogen-bond acceptors (Lipinski definition) is 4. The van der Waals surface area contributed by atoms with Gasteiger partial charge in [-0.05, 0) is 47.0 Å². The van der Waals surface area contributed by atoms with Gasteiger partial charge in [0.25, 0.3) is 0 Å². The first-order valence-corrected chi connectivity index (χ1v) is 9.56. The second-order valence-electron chi connectivity index (χ2n) is 6.78. The van der Waals surface area contributed by atoms with Crippen molar-refractivity contribution in [1.29, 1.82) is 0 Å². The average Bonchev–Trinajstić information content (AvgIpc) is 3.17. The summed E-state index contributed by atoms with van der Waals surface area (Å²) >= 11 is 12.3.